The summed E-state index contributed by atoms with van der Waals surface area (Å²) in [5.41, 5.74) is 0.978. The molecule has 1 aromatic heterocycles. The third-order valence-corrected chi connectivity index (χ3v) is 4.02. The van der Waals surface area contributed by atoms with Gasteiger partial charge in [-0.25, -0.2) is 4.79 Å². The summed E-state index contributed by atoms with van der Waals surface area (Å²) < 4.78 is 0. The van der Waals surface area contributed by atoms with Crippen LogP contribution in [0.15, 0.2) is 24.5 Å². The fourth-order valence-electron chi connectivity index (χ4n) is 2.73. The zero-order chi connectivity index (χ0) is 16.3. The summed E-state index contributed by atoms with van der Waals surface area (Å²) >= 11 is 0. The average Bonchev–Trinajstić information content (AvgIpc) is 2.59. The Hall–Kier alpha value is -2.11. The first-order valence-corrected chi connectivity index (χ1v) is 8.44. The summed E-state index contributed by atoms with van der Waals surface area (Å²) in [6, 6.07) is 3.96. The normalized spacial score (nSPS) is 15.0. The van der Waals surface area contributed by atoms with Gasteiger partial charge in [0.05, 0.1) is 0 Å². The third kappa shape index (κ3) is 7.13. The first-order chi connectivity index (χ1) is 11.2. The van der Waals surface area contributed by atoms with Crippen LogP contribution in [0, 0.1) is 0 Å². The van der Waals surface area contributed by atoms with Crippen LogP contribution in [0.3, 0.4) is 0 Å². The third-order valence-electron chi connectivity index (χ3n) is 4.02. The van der Waals surface area contributed by atoms with Crippen LogP contribution in [-0.2, 0) is 11.3 Å². The molecule has 3 amide bonds. The lowest BCUT2D eigenvalue weighted by Gasteiger charge is -2.22. The molecular weight excluding hydrogens is 292 g/mol. The first kappa shape index (κ1) is 17.2. The summed E-state index contributed by atoms with van der Waals surface area (Å²) in [4.78, 5) is 27.5. The van der Waals surface area contributed by atoms with Crippen LogP contribution in [-0.4, -0.2) is 29.5 Å². The number of hydrogen-bond donors (Lipinski definition) is 3. The number of amides is 3. The van der Waals surface area contributed by atoms with Gasteiger partial charge in [0.1, 0.15) is 0 Å². The number of aromatic nitrogens is 1. The standard InChI is InChI=1S/C17H26N4O2/c22-16(20-13-14-6-4-10-18-12-14)9-5-11-19-17(23)21-15-7-2-1-3-8-15/h4,6,10,12,15H,1-3,5,7-9,11,13H2,(H,20,22)(H2,19,21,23). The van der Waals surface area contributed by atoms with Crippen molar-refractivity contribution in [1.29, 1.82) is 0 Å². The summed E-state index contributed by atoms with van der Waals surface area (Å²) in [6.07, 6.45) is 10.3. The number of pyridine rings is 1. The van der Waals surface area contributed by atoms with Gasteiger partial charge in [-0.15, -0.1) is 0 Å². The highest BCUT2D eigenvalue weighted by Crippen LogP contribution is 2.17. The molecule has 0 saturated heterocycles. The number of urea groups is 1. The number of hydrogen-bond acceptors (Lipinski definition) is 3. The smallest absolute Gasteiger partial charge is 0.315 e. The van der Waals surface area contributed by atoms with Crippen molar-refractivity contribution in [2.75, 3.05) is 6.54 Å². The van der Waals surface area contributed by atoms with Gasteiger partial charge in [-0.05, 0) is 30.9 Å². The van der Waals surface area contributed by atoms with Gasteiger partial charge in [0.2, 0.25) is 5.91 Å². The highest BCUT2D eigenvalue weighted by molar-refractivity contribution is 5.76. The summed E-state index contributed by atoms with van der Waals surface area (Å²) in [7, 11) is 0. The molecule has 1 heterocycles. The van der Waals surface area contributed by atoms with Gasteiger partial charge in [0.25, 0.3) is 0 Å². The lowest BCUT2D eigenvalue weighted by molar-refractivity contribution is -0.121. The number of nitrogens with one attached hydrogen (secondary N) is 3. The van der Waals surface area contributed by atoms with Gasteiger partial charge >= 0.3 is 6.03 Å². The van der Waals surface area contributed by atoms with E-state index in [2.05, 4.69) is 20.9 Å². The van der Waals surface area contributed by atoms with Gasteiger partial charge in [0.15, 0.2) is 0 Å². The van der Waals surface area contributed by atoms with Gasteiger partial charge in [-0.3, -0.25) is 9.78 Å². The Kier molecular flexibility index (Phi) is 7.36. The maximum Gasteiger partial charge on any atom is 0.315 e. The quantitative estimate of drug-likeness (QED) is 0.673. The summed E-state index contributed by atoms with van der Waals surface area (Å²) in [5, 5.41) is 8.66. The molecular formula is C17H26N4O2. The van der Waals surface area contributed by atoms with Crippen LogP contribution >= 0.6 is 0 Å². The minimum Gasteiger partial charge on any atom is -0.352 e. The van der Waals surface area contributed by atoms with Crippen molar-refractivity contribution in [2.24, 2.45) is 0 Å². The van der Waals surface area contributed by atoms with Crippen molar-refractivity contribution in [2.45, 2.75) is 57.5 Å². The van der Waals surface area contributed by atoms with Crippen molar-refractivity contribution in [3.8, 4) is 0 Å². The topological polar surface area (TPSA) is 83.1 Å². The van der Waals surface area contributed by atoms with E-state index in [9.17, 15) is 9.59 Å². The summed E-state index contributed by atoms with van der Waals surface area (Å²) in [5.74, 6) is -0.0108. The van der Waals surface area contributed by atoms with Gasteiger partial charge in [-0.2, -0.15) is 0 Å². The lowest BCUT2D eigenvalue weighted by atomic mass is 9.96. The Morgan fingerprint density at radius 2 is 2.00 bits per heavy atom. The molecule has 0 atom stereocenters. The molecule has 0 radical (unpaired) electrons. The maximum atomic E-state index is 11.7. The predicted octanol–water partition coefficient (Wildman–Crippen LogP) is 2.11. The van der Waals surface area contributed by atoms with Crippen LogP contribution < -0.4 is 16.0 Å². The van der Waals surface area contributed by atoms with Gasteiger partial charge in [-0.1, -0.05) is 25.3 Å². The van der Waals surface area contributed by atoms with Gasteiger partial charge in [0, 0.05) is 37.9 Å². The van der Waals surface area contributed by atoms with E-state index in [1.165, 1.54) is 19.3 Å². The monoisotopic (exact) mass is 318 g/mol. The molecule has 0 aliphatic heterocycles. The molecule has 1 aliphatic rings. The second-order valence-electron chi connectivity index (χ2n) is 5.98. The number of carbonyl (C=O) groups is 2. The van der Waals surface area contributed by atoms with Crippen LogP contribution in [0.4, 0.5) is 4.79 Å². The molecule has 1 aliphatic carbocycles. The zero-order valence-corrected chi connectivity index (χ0v) is 13.5. The molecule has 1 saturated carbocycles. The van der Waals surface area contributed by atoms with E-state index < -0.39 is 0 Å². The molecule has 0 spiro atoms. The molecule has 6 heteroatoms. The van der Waals surface area contributed by atoms with Crippen molar-refractivity contribution in [1.82, 2.24) is 20.9 Å². The largest absolute Gasteiger partial charge is 0.352 e. The Morgan fingerprint density at radius 1 is 1.17 bits per heavy atom. The van der Waals surface area contributed by atoms with E-state index in [0.29, 0.717) is 32.0 Å². The second kappa shape index (κ2) is 9.82. The molecule has 6 nitrogen and oxygen atoms in total. The number of nitrogens with zero attached hydrogens (tertiary/aromatic N) is 1. The van der Waals surface area contributed by atoms with E-state index in [4.69, 9.17) is 0 Å². The lowest BCUT2D eigenvalue weighted by Crippen LogP contribution is -2.43. The molecule has 1 fully saturated rings. The van der Waals surface area contributed by atoms with E-state index >= 15 is 0 Å². The highest BCUT2D eigenvalue weighted by atomic mass is 16.2. The molecule has 0 aromatic carbocycles. The number of rotatable bonds is 7. The maximum absolute atomic E-state index is 11.7. The van der Waals surface area contributed by atoms with Crippen molar-refractivity contribution < 1.29 is 9.59 Å². The Balaban J connectivity index is 1.50. The van der Waals surface area contributed by atoms with Crippen LogP contribution in [0.2, 0.25) is 0 Å². The minimum absolute atomic E-state index is 0.0108. The van der Waals surface area contributed by atoms with E-state index in [1.807, 2.05) is 12.1 Å². The molecule has 2 rings (SSSR count). The van der Waals surface area contributed by atoms with Crippen molar-refractivity contribution >= 4 is 11.9 Å². The zero-order valence-electron chi connectivity index (χ0n) is 13.5. The Bertz CT molecular complexity index is 487. The van der Waals surface area contributed by atoms with Crippen LogP contribution in [0.1, 0.15) is 50.5 Å². The fourth-order valence-corrected chi connectivity index (χ4v) is 2.73. The van der Waals surface area contributed by atoms with Crippen molar-refractivity contribution in [3.05, 3.63) is 30.1 Å². The van der Waals surface area contributed by atoms with E-state index in [1.54, 1.807) is 12.4 Å². The van der Waals surface area contributed by atoms with Crippen molar-refractivity contribution in [3.63, 3.8) is 0 Å². The summed E-state index contributed by atoms with van der Waals surface area (Å²) in [6.45, 7) is 1.00. The average molecular weight is 318 g/mol. The highest BCUT2D eigenvalue weighted by Gasteiger charge is 2.15. The van der Waals surface area contributed by atoms with Crippen LogP contribution in [0.25, 0.3) is 0 Å². The first-order valence-electron chi connectivity index (χ1n) is 8.44. The minimum atomic E-state index is -0.118. The van der Waals surface area contributed by atoms with Gasteiger partial charge < -0.3 is 16.0 Å². The molecule has 0 bridgehead atoms. The van der Waals surface area contributed by atoms with E-state index in [-0.39, 0.29) is 11.9 Å². The fraction of sp³-hybridized carbons (Fsp3) is 0.588. The predicted molar refractivity (Wildman–Crippen MR) is 88.7 cm³/mol. The molecule has 1 aromatic rings. The molecule has 23 heavy (non-hydrogen) atoms. The molecule has 3 N–H and O–H groups in total. The van der Waals surface area contributed by atoms with E-state index in [0.717, 1.165) is 18.4 Å². The molecule has 126 valence electrons. The second-order valence-corrected chi connectivity index (χ2v) is 5.98. The number of carbonyl (C=O) groups excluding carboxylic acids is 2. The Labute approximate surface area is 137 Å². The van der Waals surface area contributed by atoms with Crippen LogP contribution in [0.5, 0.6) is 0 Å². The Morgan fingerprint density at radius 3 is 2.74 bits per heavy atom. The SMILES string of the molecule is O=C(CCCNC(=O)NC1CCCCC1)NCc1cccnc1. The molecule has 0 unspecified atom stereocenters.